The summed E-state index contributed by atoms with van der Waals surface area (Å²) in [5.74, 6) is 0.423. The van der Waals surface area contributed by atoms with Crippen LogP contribution >= 0.6 is 0 Å². The summed E-state index contributed by atoms with van der Waals surface area (Å²) in [6, 6.07) is 0.910. The molecule has 1 saturated heterocycles. The minimum atomic E-state index is -0.460. The number of alkyl carbamates (subject to hydrolysis) is 1. The number of nitrogens with one attached hydrogen (secondary N) is 2. The summed E-state index contributed by atoms with van der Waals surface area (Å²) >= 11 is 0. The second-order valence-electron chi connectivity index (χ2n) is 9.05. The van der Waals surface area contributed by atoms with Gasteiger partial charge in [-0.25, -0.2) is 4.79 Å². The SMILES string of the molecule is CC(C)(C)OC(=O)NC1C2CCCOC2C1NC1CCCCCCC1. The number of amides is 1. The van der Waals surface area contributed by atoms with Crippen molar-refractivity contribution in [1.82, 2.24) is 10.6 Å². The molecule has 2 N–H and O–H groups in total. The molecular formula is C20H36N2O3. The lowest BCUT2D eigenvalue weighted by atomic mass is 9.67. The summed E-state index contributed by atoms with van der Waals surface area (Å²) in [6.45, 7) is 6.57. The van der Waals surface area contributed by atoms with Crippen LogP contribution in [0.25, 0.3) is 0 Å². The smallest absolute Gasteiger partial charge is 0.407 e. The van der Waals surface area contributed by atoms with E-state index in [0.29, 0.717) is 12.0 Å². The molecule has 0 spiro atoms. The summed E-state index contributed by atoms with van der Waals surface area (Å²) in [4.78, 5) is 12.3. The zero-order valence-corrected chi connectivity index (χ0v) is 16.2. The molecule has 0 aromatic rings. The van der Waals surface area contributed by atoms with Gasteiger partial charge in [0, 0.05) is 18.6 Å². The van der Waals surface area contributed by atoms with E-state index in [1.54, 1.807) is 0 Å². The van der Waals surface area contributed by atoms with Gasteiger partial charge < -0.3 is 20.1 Å². The van der Waals surface area contributed by atoms with Crippen molar-refractivity contribution in [3.63, 3.8) is 0 Å². The van der Waals surface area contributed by atoms with Crippen molar-refractivity contribution in [1.29, 1.82) is 0 Å². The molecule has 0 bridgehead atoms. The zero-order chi connectivity index (χ0) is 17.9. The number of carbonyl (C=O) groups is 1. The Morgan fingerprint density at radius 2 is 1.64 bits per heavy atom. The maximum atomic E-state index is 12.3. The molecule has 1 heterocycles. The van der Waals surface area contributed by atoms with Gasteiger partial charge in [-0.2, -0.15) is 0 Å². The fraction of sp³-hybridized carbons (Fsp3) is 0.950. The molecule has 144 valence electrons. The predicted octanol–water partition coefficient (Wildman–Crippen LogP) is 3.76. The van der Waals surface area contributed by atoms with Crippen molar-refractivity contribution in [2.75, 3.05) is 6.61 Å². The summed E-state index contributed by atoms with van der Waals surface area (Å²) < 4.78 is 11.5. The summed E-state index contributed by atoms with van der Waals surface area (Å²) in [5.41, 5.74) is -0.460. The molecule has 5 heteroatoms. The topological polar surface area (TPSA) is 59.6 Å². The van der Waals surface area contributed by atoms with Gasteiger partial charge in [0.05, 0.1) is 18.2 Å². The van der Waals surface area contributed by atoms with E-state index >= 15 is 0 Å². The second kappa shape index (κ2) is 8.26. The normalized spacial score (nSPS) is 34.2. The molecule has 0 radical (unpaired) electrons. The fourth-order valence-electron chi connectivity index (χ4n) is 4.64. The molecule has 2 aliphatic carbocycles. The average molecular weight is 353 g/mol. The Kier molecular flexibility index (Phi) is 6.26. The third-order valence-corrected chi connectivity index (χ3v) is 5.83. The molecule has 0 aromatic carbocycles. The Hall–Kier alpha value is -0.810. The Bertz CT molecular complexity index is 441. The Balaban J connectivity index is 1.59. The van der Waals surface area contributed by atoms with Gasteiger partial charge in [0.2, 0.25) is 0 Å². The number of carbonyl (C=O) groups excluding carboxylic acids is 1. The molecule has 0 aromatic heterocycles. The summed E-state index contributed by atoms with van der Waals surface area (Å²) in [5, 5.41) is 6.98. The Morgan fingerprint density at radius 3 is 2.32 bits per heavy atom. The largest absolute Gasteiger partial charge is 0.444 e. The van der Waals surface area contributed by atoms with Gasteiger partial charge in [0.15, 0.2) is 0 Å². The van der Waals surface area contributed by atoms with E-state index in [-0.39, 0.29) is 24.3 Å². The fourth-order valence-corrected chi connectivity index (χ4v) is 4.64. The molecule has 3 aliphatic rings. The number of hydrogen-bond acceptors (Lipinski definition) is 4. The van der Waals surface area contributed by atoms with E-state index in [4.69, 9.17) is 9.47 Å². The first-order chi connectivity index (χ1) is 11.9. The predicted molar refractivity (Wildman–Crippen MR) is 98.7 cm³/mol. The van der Waals surface area contributed by atoms with E-state index in [9.17, 15) is 4.79 Å². The number of fused-ring (bicyclic) bond motifs is 1. The van der Waals surface area contributed by atoms with Gasteiger partial charge in [0.1, 0.15) is 5.60 Å². The van der Waals surface area contributed by atoms with Crippen molar-refractivity contribution in [2.45, 2.75) is 108 Å². The van der Waals surface area contributed by atoms with Crippen LogP contribution in [0.2, 0.25) is 0 Å². The van der Waals surface area contributed by atoms with Gasteiger partial charge in [-0.1, -0.05) is 32.1 Å². The van der Waals surface area contributed by atoms with Gasteiger partial charge in [-0.05, 0) is 46.5 Å². The minimum absolute atomic E-state index is 0.130. The van der Waals surface area contributed by atoms with Gasteiger partial charge in [-0.15, -0.1) is 0 Å². The van der Waals surface area contributed by atoms with Crippen LogP contribution in [0.3, 0.4) is 0 Å². The van der Waals surface area contributed by atoms with Crippen LogP contribution in [0.15, 0.2) is 0 Å². The van der Waals surface area contributed by atoms with Crippen molar-refractivity contribution >= 4 is 6.09 Å². The van der Waals surface area contributed by atoms with Crippen LogP contribution in [0, 0.1) is 5.92 Å². The monoisotopic (exact) mass is 352 g/mol. The highest BCUT2D eigenvalue weighted by molar-refractivity contribution is 5.68. The third-order valence-electron chi connectivity index (χ3n) is 5.83. The Morgan fingerprint density at radius 1 is 0.960 bits per heavy atom. The van der Waals surface area contributed by atoms with Crippen LogP contribution in [-0.2, 0) is 9.47 Å². The van der Waals surface area contributed by atoms with Gasteiger partial charge in [-0.3, -0.25) is 0 Å². The van der Waals surface area contributed by atoms with Gasteiger partial charge >= 0.3 is 6.09 Å². The van der Waals surface area contributed by atoms with Crippen molar-refractivity contribution in [3.05, 3.63) is 0 Å². The zero-order valence-electron chi connectivity index (χ0n) is 16.2. The van der Waals surface area contributed by atoms with Crippen molar-refractivity contribution in [3.8, 4) is 0 Å². The highest BCUT2D eigenvalue weighted by Crippen LogP contribution is 2.39. The van der Waals surface area contributed by atoms with E-state index < -0.39 is 5.60 Å². The maximum Gasteiger partial charge on any atom is 0.407 e. The molecule has 3 fully saturated rings. The molecule has 4 atom stereocenters. The number of ether oxygens (including phenoxy) is 2. The lowest BCUT2D eigenvalue weighted by molar-refractivity contribution is -0.130. The Labute approximate surface area is 152 Å². The molecule has 5 nitrogen and oxygen atoms in total. The van der Waals surface area contributed by atoms with E-state index in [0.717, 1.165) is 19.4 Å². The second-order valence-corrected chi connectivity index (χ2v) is 9.05. The molecule has 4 unspecified atom stereocenters. The highest BCUT2D eigenvalue weighted by Gasteiger charge is 2.53. The van der Waals surface area contributed by atoms with E-state index in [2.05, 4.69) is 10.6 Å². The van der Waals surface area contributed by atoms with Crippen LogP contribution < -0.4 is 10.6 Å². The molecular weight excluding hydrogens is 316 g/mol. The van der Waals surface area contributed by atoms with Crippen molar-refractivity contribution < 1.29 is 14.3 Å². The first-order valence-corrected chi connectivity index (χ1v) is 10.3. The standard InChI is InChI=1S/C20H36N2O3/c1-20(2,3)25-19(23)22-16-15-12-9-13-24-18(15)17(16)21-14-10-7-5-4-6-8-11-14/h14-18,21H,4-13H2,1-3H3,(H,22,23). The van der Waals surface area contributed by atoms with Crippen LogP contribution in [-0.4, -0.2) is 42.5 Å². The van der Waals surface area contributed by atoms with Crippen LogP contribution in [0.1, 0.15) is 78.6 Å². The molecule has 3 rings (SSSR count). The van der Waals surface area contributed by atoms with E-state index in [1.807, 2.05) is 20.8 Å². The number of hydrogen-bond donors (Lipinski definition) is 2. The van der Waals surface area contributed by atoms with E-state index in [1.165, 1.54) is 44.9 Å². The molecule has 25 heavy (non-hydrogen) atoms. The summed E-state index contributed by atoms with van der Waals surface area (Å²) in [7, 11) is 0. The van der Waals surface area contributed by atoms with Crippen LogP contribution in [0.5, 0.6) is 0 Å². The third kappa shape index (κ3) is 5.10. The number of rotatable bonds is 3. The lowest BCUT2D eigenvalue weighted by Crippen LogP contribution is -2.74. The first-order valence-electron chi connectivity index (χ1n) is 10.3. The molecule has 1 amide bonds. The van der Waals surface area contributed by atoms with Gasteiger partial charge in [0.25, 0.3) is 0 Å². The minimum Gasteiger partial charge on any atom is -0.444 e. The average Bonchev–Trinajstić information content (AvgIpc) is 2.50. The molecule has 2 saturated carbocycles. The van der Waals surface area contributed by atoms with Crippen molar-refractivity contribution in [2.24, 2.45) is 5.92 Å². The highest BCUT2D eigenvalue weighted by atomic mass is 16.6. The lowest BCUT2D eigenvalue weighted by Gasteiger charge is -2.55. The maximum absolute atomic E-state index is 12.3. The summed E-state index contributed by atoms with van der Waals surface area (Å²) in [6.07, 6.45) is 11.4. The first kappa shape index (κ1) is 19.0. The molecule has 1 aliphatic heterocycles. The van der Waals surface area contributed by atoms with Crippen LogP contribution in [0.4, 0.5) is 4.79 Å². The quantitative estimate of drug-likeness (QED) is 0.812.